The second kappa shape index (κ2) is 8.80. The Bertz CT molecular complexity index is 668. The van der Waals surface area contributed by atoms with Crippen molar-refractivity contribution in [2.75, 3.05) is 25.5 Å². The van der Waals surface area contributed by atoms with E-state index in [0.29, 0.717) is 16.7 Å². The Kier molecular flexibility index (Phi) is 6.75. The Labute approximate surface area is 147 Å². The molecule has 0 fully saturated rings. The average Bonchev–Trinajstić information content (AvgIpc) is 2.56. The number of amides is 1. The van der Waals surface area contributed by atoms with Crippen LogP contribution in [-0.4, -0.2) is 26.1 Å². The highest BCUT2D eigenvalue weighted by atomic mass is 127. The van der Waals surface area contributed by atoms with Crippen LogP contribution in [-0.2, 0) is 4.84 Å². The van der Waals surface area contributed by atoms with Crippen LogP contribution in [0.2, 0.25) is 0 Å². The van der Waals surface area contributed by atoms with Gasteiger partial charge in [0.25, 0.3) is 5.91 Å². The fraction of sp³-hybridized carbons (Fsp3) is 0.188. The molecule has 0 radical (unpaired) electrons. The van der Waals surface area contributed by atoms with Gasteiger partial charge in [0.05, 0.1) is 17.9 Å². The van der Waals surface area contributed by atoms with Crippen LogP contribution in [0.4, 0.5) is 15.8 Å². The number of para-hydroxylation sites is 1. The molecule has 2 rings (SSSR count). The summed E-state index contributed by atoms with van der Waals surface area (Å²) < 4.78 is 15.3. The average molecular weight is 429 g/mol. The molecule has 0 bridgehead atoms. The monoisotopic (exact) mass is 429 g/mol. The van der Waals surface area contributed by atoms with Gasteiger partial charge in [-0.2, -0.15) is 0 Å². The lowest BCUT2D eigenvalue weighted by molar-refractivity contribution is 0.0325. The van der Waals surface area contributed by atoms with E-state index < -0.39 is 11.7 Å². The fourth-order valence-corrected chi connectivity index (χ4v) is 2.38. The number of halogens is 2. The predicted octanol–water partition coefficient (Wildman–Crippen LogP) is 3.05. The van der Waals surface area contributed by atoms with E-state index in [1.807, 2.05) is 52.9 Å². The maximum Gasteiger partial charge on any atom is 0.277 e. The number of likely N-dealkylation sites (N-methyl/N-ethyl adjacent to an activating group) is 1. The lowest BCUT2D eigenvalue weighted by atomic mass is 10.1. The maximum atomic E-state index is 14.6. The van der Waals surface area contributed by atoms with Crippen LogP contribution in [0, 0.1) is 9.39 Å². The van der Waals surface area contributed by atoms with Crippen LogP contribution in [0.5, 0.6) is 0 Å². The molecular weight excluding hydrogens is 412 g/mol. The third-order valence-electron chi connectivity index (χ3n) is 3.00. The molecule has 0 aliphatic rings. The van der Waals surface area contributed by atoms with E-state index in [1.165, 1.54) is 6.07 Å². The molecule has 0 unspecified atom stereocenters. The summed E-state index contributed by atoms with van der Waals surface area (Å²) in [5.41, 5.74) is 3.17. The van der Waals surface area contributed by atoms with Crippen LogP contribution >= 0.6 is 22.6 Å². The Hall–Kier alpha value is -1.71. The van der Waals surface area contributed by atoms with Crippen molar-refractivity contribution in [3.63, 3.8) is 0 Å². The van der Waals surface area contributed by atoms with E-state index in [4.69, 9.17) is 4.84 Å². The SMILES string of the molecule is CNCCONC(=O)c1ccc(I)c(Nc2ccccc2)c1F. The van der Waals surface area contributed by atoms with Gasteiger partial charge in [-0.25, -0.2) is 9.87 Å². The van der Waals surface area contributed by atoms with E-state index in [9.17, 15) is 9.18 Å². The van der Waals surface area contributed by atoms with Crippen molar-refractivity contribution >= 4 is 39.9 Å². The van der Waals surface area contributed by atoms with E-state index in [0.717, 1.165) is 5.69 Å². The summed E-state index contributed by atoms with van der Waals surface area (Å²) >= 11 is 2.02. The quantitative estimate of drug-likeness (QED) is 0.360. The van der Waals surface area contributed by atoms with Gasteiger partial charge in [-0.05, 0) is 53.9 Å². The Morgan fingerprint density at radius 2 is 1.96 bits per heavy atom. The highest BCUT2D eigenvalue weighted by Gasteiger charge is 2.18. The third kappa shape index (κ3) is 4.88. The molecule has 1 amide bonds. The molecule has 2 aromatic carbocycles. The van der Waals surface area contributed by atoms with Gasteiger partial charge in [-0.15, -0.1) is 0 Å². The second-order valence-electron chi connectivity index (χ2n) is 4.66. The van der Waals surface area contributed by atoms with Gasteiger partial charge in [-0.1, -0.05) is 18.2 Å². The number of hydrogen-bond acceptors (Lipinski definition) is 4. The van der Waals surface area contributed by atoms with Crippen molar-refractivity contribution in [2.45, 2.75) is 0 Å². The lowest BCUT2D eigenvalue weighted by Crippen LogP contribution is -2.28. The minimum atomic E-state index is -0.619. The second-order valence-corrected chi connectivity index (χ2v) is 5.82. The predicted molar refractivity (Wildman–Crippen MR) is 96.2 cm³/mol. The van der Waals surface area contributed by atoms with Crippen molar-refractivity contribution in [2.24, 2.45) is 0 Å². The summed E-state index contributed by atoms with van der Waals surface area (Å²) in [6, 6.07) is 12.3. The summed E-state index contributed by atoms with van der Waals surface area (Å²) in [4.78, 5) is 17.0. The van der Waals surface area contributed by atoms with E-state index in [1.54, 1.807) is 13.1 Å². The third-order valence-corrected chi connectivity index (χ3v) is 3.90. The molecule has 0 aliphatic carbocycles. The zero-order valence-corrected chi connectivity index (χ0v) is 14.7. The molecule has 0 aliphatic heterocycles. The van der Waals surface area contributed by atoms with Gasteiger partial charge in [0.1, 0.15) is 0 Å². The molecule has 122 valence electrons. The zero-order chi connectivity index (χ0) is 16.7. The normalized spacial score (nSPS) is 10.4. The minimum absolute atomic E-state index is 0.0756. The first kappa shape index (κ1) is 17.6. The number of carbonyl (C=O) groups excluding carboxylic acids is 1. The summed E-state index contributed by atoms with van der Waals surface area (Å²) in [6.45, 7) is 0.875. The van der Waals surface area contributed by atoms with E-state index in [2.05, 4.69) is 16.1 Å². The Morgan fingerprint density at radius 1 is 1.22 bits per heavy atom. The molecule has 5 nitrogen and oxygen atoms in total. The molecule has 0 saturated heterocycles. The first-order valence-corrected chi connectivity index (χ1v) is 8.08. The summed E-state index contributed by atoms with van der Waals surface area (Å²) in [5.74, 6) is -1.23. The largest absolute Gasteiger partial charge is 0.352 e. The molecule has 7 heteroatoms. The highest BCUT2D eigenvalue weighted by Crippen LogP contribution is 2.28. The first-order valence-electron chi connectivity index (χ1n) is 7.00. The lowest BCUT2D eigenvalue weighted by Gasteiger charge is -2.13. The van der Waals surface area contributed by atoms with E-state index >= 15 is 0 Å². The molecule has 23 heavy (non-hydrogen) atoms. The van der Waals surface area contributed by atoms with Gasteiger partial charge >= 0.3 is 0 Å². The number of hydroxylamine groups is 1. The minimum Gasteiger partial charge on any atom is -0.352 e. The number of nitrogens with one attached hydrogen (secondary N) is 3. The van der Waals surface area contributed by atoms with Gasteiger partial charge in [0.15, 0.2) is 5.82 Å². The van der Waals surface area contributed by atoms with Crippen molar-refractivity contribution in [3.05, 3.63) is 57.4 Å². The molecular formula is C16H17FIN3O2. The van der Waals surface area contributed by atoms with Crippen molar-refractivity contribution < 1.29 is 14.0 Å². The first-order chi connectivity index (χ1) is 11.1. The van der Waals surface area contributed by atoms with Gasteiger partial charge in [-0.3, -0.25) is 9.63 Å². The summed E-state index contributed by atoms with van der Waals surface area (Å²) in [7, 11) is 1.77. The molecule has 0 heterocycles. The summed E-state index contributed by atoms with van der Waals surface area (Å²) in [5, 5.41) is 5.87. The number of benzene rings is 2. The number of hydrogen-bond donors (Lipinski definition) is 3. The standard InChI is InChI=1S/C16H17FIN3O2/c1-19-9-10-23-21-16(22)12-7-8-13(18)15(14(12)17)20-11-5-3-2-4-6-11/h2-8,19-20H,9-10H2,1H3,(H,21,22). The van der Waals surface area contributed by atoms with Gasteiger partial charge < -0.3 is 10.6 Å². The maximum absolute atomic E-state index is 14.6. The Morgan fingerprint density at radius 3 is 2.65 bits per heavy atom. The molecule has 3 N–H and O–H groups in total. The van der Waals surface area contributed by atoms with Crippen LogP contribution in [0.15, 0.2) is 42.5 Å². The van der Waals surface area contributed by atoms with Gasteiger partial charge in [0, 0.05) is 15.8 Å². The molecule has 2 aromatic rings. The molecule has 0 aromatic heterocycles. The fourth-order valence-electron chi connectivity index (χ4n) is 1.83. The molecule has 0 spiro atoms. The molecule has 0 atom stereocenters. The topological polar surface area (TPSA) is 62.4 Å². The number of anilines is 2. The van der Waals surface area contributed by atoms with Crippen LogP contribution < -0.4 is 16.1 Å². The van der Waals surface area contributed by atoms with E-state index in [-0.39, 0.29) is 11.3 Å². The Balaban J connectivity index is 2.16. The highest BCUT2D eigenvalue weighted by molar-refractivity contribution is 14.1. The summed E-state index contributed by atoms with van der Waals surface area (Å²) in [6.07, 6.45) is 0. The van der Waals surface area contributed by atoms with Crippen LogP contribution in [0.25, 0.3) is 0 Å². The van der Waals surface area contributed by atoms with Crippen molar-refractivity contribution in [3.8, 4) is 0 Å². The smallest absolute Gasteiger partial charge is 0.277 e. The van der Waals surface area contributed by atoms with Crippen molar-refractivity contribution in [1.29, 1.82) is 0 Å². The molecule has 0 saturated carbocycles. The van der Waals surface area contributed by atoms with Crippen LogP contribution in [0.1, 0.15) is 10.4 Å². The number of carbonyl (C=O) groups is 1. The number of rotatable bonds is 7. The van der Waals surface area contributed by atoms with Crippen molar-refractivity contribution in [1.82, 2.24) is 10.8 Å². The van der Waals surface area contributed by atoms with Crippen LogP contribution in [0.3, 0.4) is 0 Å². The van der Waals surface area contributed by atoms with Gasteiger partial charge in [0.2, 0.25) is 0 Å². The zero-order valence-electron chi connectivity index (χ0n) is 12.5.